The van der Waals surface area contributed by atoms with Gasteiger partial charge in [0.05, 0.1) is 6.04 Å². The maximum Gasteiger partial charge on any atom is 0.312 e. The van der Waals surface area contributed by atoms with E-state index >= 15 is 0 Å². The zero-order valence-electron chi connectivity index (χ0n) is 14.7. The van der Waals surface area contributed by atoms with Crippen molar-refractivity contribution < 1.29 is 9.59 Å². The normalized spacial score (nSPS) is 11.8. The lowest BCUT2D eigenvalue weighted by atomic mass is 10.0. The Hall–Kier alpha value is -2.12. The van der Waals surface area contributed by atoms with Crippen molar-refractivity contribution in [3.8, 4) is 0 Å². The molecule has 0 radical (unpaired) electrons. The third kappa shape index (κ3) is 6.55. The van der Waals surface area contributed by atoms with Crippen LogP contribution in [0.5, 0.6) is 0 Å². The van der Waals surface area contributed by atoms with Crippen LogP contribution in [0.2, 0.25) is 0 Å². The van der Waals surface area contributed by atoms with Crippen LogP contribution in [0.4, 0.5) is 10.5 Å². The number of amides is 3. The first-order valence-corrected chi connectivity index (χ1v) is 8.29. The molecule has 1 unspecified atom stereocenters. The fraction of sp³-hybridized carbons (Fsp3) is 0.529. The summed E-state index contributed by atoms with van der Waals surface area (Å²) in [6, 6.07) is 5.12. The van der Waals surface area contributed by atoms with Crippen LogP contribution in [0.25, 0.3) is 0 Å². The molecule has 0 spiro atoms. The average molecular weight is 335 g/mol. The Morgan fingerprint density at radius 3 is 2.54 bits per heavy atom. The van der Waals surface area contributed by atoms with Crippen LogP contribution in [0.3, 0.4) is 0 Å². The van der Waals surface area contributed by atoms with Crippen molar-refractivity contribution in [1.82, 2.24) is 16.0 Å². The second-order valence-electron chi connectivity index (χ2n) is 5.63. The Morgan fingerprint density at radius 2 is 1.96 bits per heavy atom. The summed E-state index contributed by atoms with van der Waals surface area (Å²) in [5.41, 5.74) is 8.26. The zero-order chi connectivity index (χ0) is 17.9. The first kappa shape index (κ1) is 19.9. The van der Waals surface area contributed by atoms with Crippen LogP contribution in [-0.4, -0.2) is 38.6 Å². The number of hydrogen-bond donors (Lipinski definition) is 5. The van der Waals surface area contributed by atoms with Gasteiger partial charge in [-0.25, -0.2) is 4.79 Å². The molecule has 0 aliphatic rings. The molecule has 1 atom stereocenters. The molecule has 0 aromatic heterocycles. The van der Waals surface area contributed by atoms with Gasteiger partial charge < -0.3 is 27.0 Å². The quantitative estimate of drug-likeness (QED) is 0.410. The average Bonchev–Trinajstić information content (AvgIpc) is 2.55. The number of carbonyl (C=O) groups is 2. The molecule has 1 aromatic rings. The van der Waals surface area contributed by atoms with Gasteiger partial charge in [-0.15, -0.1) is 0 Å². The van der Waals surface area contributed by atoms with Crippen LogP contribution in [-0.2, 0) is 17.8 Å². The summed E-state index contributed by atoms with van der Waals surface area (Å²) in [4.78, 5) is 23.0. The molecule has 7 heteroatoms. The van der Waals surface area contributed by atoms with Crippen LogP contribution in [0.15, 0.2) is 18.2 Å². The maximum absolute atomic E-state index is 12.4. The summed E-state index contributed by atoms with van der Waals surface area (Å²) in [5, 5.41) is 11.6. The second kappa shape index (κ2) is 10.6. The molecule has 0 aliphatic carbocycles. The number of nitrogens with one attached hydrogen (secondary N) is 4. The van der Waals surface area contributed by atoms with Gasteiger partial charge in [0.2, 0.25) is 5.91 Å². The number of rotatable bonds is 10. The Kier molecular flexibility index (Phi) is 8.81. The summed E-state index contributed by atoms with van der Waals surface area (Å²) >= 11 is 0. The minimum atomic E-state index is -0.548. The monoisotopic (exact) mass is 335 g/mol. The van der Waals surface area contributed by atoms with E-state index < -0.39 is 6.03 Å². The predicted octanol–water partition coefficient (Wildman–Crippen LogP) is 0.943. The van der Waals surface area contributed by atoms with Crippen molar-refractivity contribution in [2.75, 3.05) is 26.0 Å². The standard InChI is InChI=1S/C17H29N5O2/c1-4-12-7-8-14(10-13(12)11-19-2)22-16(23)15(20-3)6-5-9-21-17(18)24/h7-8,10,15,19-20H,4-6,9,11H2,1-3H3,(H,22,23)(H3,18,21,24). The van der Waals surface area contributed by atoms with E-state index in [0.717, 1.165) is 18.7 Å². The minimum absolute atomic E-state index is 0.0868. The summed E-state index contributed by atoms with van der Waals surface area (Å²) in [5.74, 6) is -0.0868. The molecular weight excluding hydrogens is 306 g/mol. The van der Waals surface area contributed by atoms with E-state index in [4.69, 9.17) is 5.73 Å². The third-order valence-electron chi connectivity index (χ3n) is 3.86. The largest absolute Gasteiger partial charge is 0.352 e. The van der Waals surface area contributed by atoms with E-state index in [9.17, 15) is 9.59 Å². The van der Waals surface area contributed by atoms with Gasteiger partial charge in [-0.1, -0.05) is 13.0 Å². The maximum atomic E-state index is 12.4. The van der Waals surface area contributed by atoms with Gasteiger partial charge in [0.1, 0.15) is 0 Å². The van der Waals surface area contributed by atoms with Gasteiger partial charge in [0, 0.05) is 18.8 Å². The van der Waals surface area contributed by atoms with Gasteiger partial charge in [-0.05, 0) is 56.6 Å². The number of aryl methyl sites for hydroxylation is 1. The number of urea groups is 1. The molecule has 0 saturated heterocycles. The SMILES string of the molecule is CCc1ccc(NC(=O)C(CCCNC(N)=O)NC)cc1CNC. The van der Waals surface area contributed by atoms with Crippen LogP contribution in [0, 0.1) is 0 Å². The number of benzene rings is 1. The topological polar surface area (TPSA) is 108 Å². The van der Waals surface area contributed by atoms with Crippen LogP contribution in [0.1, 0.15) is 30.9 Å². The lowest BCUT2D eigenvalue weighted by Crippen LogP contribution is -2.39. The number of likely N-dealkylation sites (N-methyl/N-ethyl adjacent to an activating group) is 1. The van der Waals surface area contributed by atoms with E-state index in [1.54, 1.807) is 7.05 Å². The Morgan fingerprint density at radius 1 is 1.21 bits per heavy atom. The van der Waals surface area contributed by atoms with Crippen molar-refractivity contribution in [2.24, 2.45) is 5.73 Å². The van der Waals surface area contributed by atoms with Crippen molar-refractivity contribution in [3.63, 3.8) is 0 Å². The summed E-state index contributed by atoms with van der Waals surface area (Å²) in [6.07, 6.45) is 2.23. The summed E-state index contributed by atoms with van der Waals surface area (Å²) in [6.45, 7) is 3.34. The van der Waals surface area contributed by atoms with E-state index in [1.165, 1.54) is 11.1 Å². The molecule has 134 valence electrons. The molecule has 0 aliphatic heterocycles. The molecule has 24 heavy (non-hydrogen) atoms. The minimum Gasteiger partial charge on any atom is -0.352 e. The summed E-state index contributed by atoms with van der Waals surface area (Å²) < 4.78 is 0. The highest BCUT2D eigenvalue weighted by atomic mass is 16.2. The van der Waals surface area contributed by atoms with E-state index in [-0.39, 0.29) is 11.9 Å². The fourth-order valence-electron chi connectivity index (χ4n) is 2.56. The number of primary amides is 1. The smallest absolute Gasteiger partial charge is 0.312 e. The van der Waals surface area contributed by atoms with Crippen molar-refractivity contribution in [3.05, 3.63) is 29.3 Å². The first-order valence-electron chi connectivity index (χ1n) is 8.29. The molecule has 0 fully saturated rings. The lowest BCUT2D eigenvalue weighted by molar-refractivity contribution is -0.118. The molecular formula is C17H29N5O2. The molecule has 0 saturated carbocycles. The van der Waals surface area contributed by atoms with E-state index in [0.29, 0.717) is 19.4 Å². The molecule has 0 bridgehead atoms. The third-order valence-corrected chi connectivity index (χ3v) is 3.86. The zero-order valence-corrected chi connectivity index (χ0v) is 14.7. The predicted molar refractivity (Wildman–Crippen MR) is 96.9 cm³/mol. The van der Waals surface area contributed by atoms with E-state index in [2.05, 4.69) is 28.2 Å². The van der Waals surface area contributed by atoms with Gasteiger partial charge in [-0.2, -0.15) is 0 Å². The molecule has 3 amide bonds. The number of hydrogen-bond acceptors (Lipinski definition) is 4. The second-order valence-corrected chi connectivity index (χ2v) is 5.63. The van der Waals surface area contributed by atoms with Gasteiger partial charge in [0.15, 0.2) is 0 Å². The molecule has 7 nitrogen and oxygen atoms in total. The Balaban J connectivity index is 2.63. The molecule has 1 aromatic carbocycles. The van der Waals surface area contributed by atoms with Crippen molar-refractivity contribution in [2.45, 2.75) is 38.8 Å². The Bertz CT molecular complexity index is 548. The summed E-state index contributed by atoms with van der Waals surface area (Å²) in [7, 11) is 3.65. The Labute approximate surface area is 143 Å². The number of anilines is 1. The molecule has 0 heterocycles. The fourth-order valence-corrected chi connectivity index (χ4v) is 2.56. The number of carbonyl (C=O) groups excluding carboxylic acids is 2. The lowest BCUT2D eigenvalue weighted by Gasteiger charge is -2.17. The van der Waals surface area contributed by atoms with Gasteiger partial charge >= 0.3 is 6.03 Å². The van der Waals surface area contributed by atoms with E-state index in [1.807, 2.05) is 25.2 Å². The van der Waals surface area contributed by atoms with Gasteiger partial charge in [-0.3, -0.25) is 4.79 Å². The van der Waals surface area contributed by atoms with Crippen molar-refractivity contribution >= 4 is 17.6 Å². The molecule has 6 N–H and O–H groups in total. The highest BCUT2D eigenvalue weighted by molar-refractivity contribution is 5.94. The van der Waals surface area contributed by atoms with Gasteiger partial charge in [0.25, 0.3) is 0 Å². The van der Waals surface area contributed by atoms with Crippen LogP contribution >= 0.6 is 0 Å². The molecule has 1 rings (SSSR count). The highest BCUT2D eigenvalue weighted by Gasteiger charge is 2.16. The number of nitrogens with two attached hydrogens (primary N) is 1. The highest BCUT2D eigenvalue weighted by Crippen LogP contribution is 2.17. The van der Waals surface area contributed by atoms with Crippen molar-refractivity contribution in [1.29, 1.82) is 0 Å². The van der Waals surface area contributed by atoms with Crippen LogP contribution < -0.4 is 27.0 Å². The first-order chi connectivity index (χ1) is 11.5.